The lowest BCUT2D eigenvalue weighted by Gasteiger charge is -2.54. The van der Waals surface area contributed by atoms with Crippen molar-refractivity contribution in [3.05, 3.63) is 130 Å². The highest BCUT2D eigenvalue weighted by Gasteiger charge is 2.61. The van der Waals surface area contributed by atoms with Crippen molar-refractivity contribution in [2.75, 3.05) is 12.4 Å². The minimum absolute atomic E-state index is 0.102. The lowest BCUT2D eigenvalue weighted by Crippen LogP contribution is -2.53. The van der Waals surface area contributed by atoms with Crippen LogP contribution in [-0.2, 0) is 16.6 Å². The Morgan fingerprint density at radius 2 is 1.67 bits per heavy atom. The number of benzene rings is 3. The minimum Gasteiger partial charge on any atom is -0.481 e. The average molecular weight is 569 g/mol. The Bertz CT molecular complexity index is 1810. The summed E-state index contributed by atoms with van der Waals surface area (Å²) in [5.41, 5.74) is 6.62. The molecule has 0 saturated heterocycles. The number of amides is 1. The third kappa shape index (κ3) is 4.02. The van der Waals surface area contributed by atoms with E-state index < -0.39 is 10.8 Å². The summed E-state index contributed by atoms with van der Waals surface area (Å²) in [5.74, 6) is 0.347. The topological polar surface area (TPSA) is 87.9 Å². The zero-order valence-corrected chi connectivity index (χ0v) is 24.1. The molecule has 8 rings (SSSR count). The van der Waals surface area contributed by atoms with E-state index in [1.54, 1.807) is 13.3 Å². The molecule has 1 N–H and O–H groups in total. The zero-order chi connectivity index (χ0) is 28.9. The van der Waals surface area contributed by atoms with Crippen molar-refractivity contribution in [2.45, 2.75) is 31.1 Å². The fourth-order valence-electron chi connectivity index (χ4n) is 6.87. The summed E-state index contributed by atoms with van der Waals surface area (Å²) in [5, 5.41) is 16.3. The van der Waals surface area contributed by atoms with Gasteiger partial charge in [0.25, 0.3) is 0 Å². The highest BCUT2D eigenvalue weighted by Crippen LogP contribution is 2.63. The van der Waals surface area contributed by atoms with Gasteiger partial charge in [-0.3, -0.25) is 4.79 Å². The largest absolute Gasteiger partial charge is 0.481 e. The van der Waals surface area contributed by atoms with Crippen LogP contribution in [0.4, 0.5) is 5.13 Å². The van der Waals surface area contributed by atoms with E-state index in [1.807, 2.05) is 60.8 Å². The van der Waals surface area contributed by atoms with Crippen LogP contribution in [0.25, 0.3) is 11.1 Å². The molecule has 0 fully saturated rings. The summed E-state index contributed by atoms with van der Waals surface area (Å²) in [6, 6.07) is 31.0. The first-order valence-electron chi connectivity index (χ1n) is 13.9. The van der Waals surface area contributed by atoms with Gasteiger partial charge in [0, 0.05) is 35.5 Å². The number of ether oxygens (including phenoxy) is 1. The molecule has 3 aliphatic carbocycles. The van der Waals surface area contributed by atoms with Gasteiger partial charge in [-0.15, -0.1) is 11.3 Å². The molecule has 42 heavy (non-hydrogen) atoms. The number of methoxy groups -OCH3 is 1. The van der Waals surface area contributed by atoms with Crippen LogP contribution in [0.3, 0.4) is 0 Å². The van der Waals surface area contributed by atoms with E-state index in [0.29, 0.717) is 23.9 Å². The Hall–Kier alpha value is -4.80. The van der Waals surface area contributed by atoms with Crippen LogP contribution in [0, 0.1) is 16.7 Å². The van der Waals surface area contributed by atoms with E-state index in [1.165, 1.54) is 11.3 Å². The molecule has 206 valence electrons. The van der Waals surface area contributed by atoms with Gasteiger partial charge < -0.3 is 10.1 Å². The maximum absolute atomic E-state index is 14.1. The molecule has 0 aliphatic heterocycles. The summed E-state index contributed by atoms with van der Waals surface area (Å²) in [6.45, 7) is 2.00. The monoisotopic (exact) mass is 568 g/mol. The summed E-state index contributed by atoms with van der Waals surface area (Å²) in [6.07, 6.45) is 2.89. The van der Waals surface area contributed by atoms with Gasteiger partial charge in [0.2, 0.25) is 11.8 Å². The number of nitrogens with zero attached hydrogens (tertiary/aromatic N) is 3. The maximum Gasteiger partial charge on any atom is 0.233 e. The predicted molar refractivity (Wildman–Crippen MR) is 164 cm³/mol. The average Bonchev–Trinajstić information content (AvgIpc) is 3.48. The number of pyridine rings is 1. The second kappa shape index (κ2) is 9.93. The zero-order valence-electron chi connectivity index (χ0n) is 23.3. The normalized spacial score (nSPS) is 21.6. The van der Waals surface area contributed by atoms with Crippen LogP contribution in [0.1, 0.15) is 52.8 Å². The van der Waals surface area contributed by atoms with E-state index in [9.17, 15) is 10.1 Å². The lowest BCUT2D eigenvalue weighted by atomic mass is 9.47. The van der Waals surface area contributed by atoms with E-state index in [0.717, 1.165) is 44.6 Å². The molecule has 6 nitrogen and oxygen atoms in total. The maximum atomic E-state index is 14.1. The van der Waals surface area contributed by atoms with Gasteiger partial charge in [0.1, 0.15) is 5.41 Å². The quantitative estimate of drug-likeness (QED) is 0.236. The molecule has 0 saturated carbocycles. The first kappa shape index (κ1) is 26.1. The van der Waals surface area contributed by atoms with Crippen molar-refractivity contribution in [2.24, 2.45) is 5.41 Å². The van der Waals surface area contributed by atoms with Gasteiger partial charge in [-0.05, 0) is 52.8 Å². The highest BCUT2D eigenvalue weighted by molar-refractivity contribution is 7.13. The lowest BCUT2D eigenvalue weighted by molar-refractivity contribution is -0.127. The van der Waals surface area contributed by atoms with Crippen molar-refractivity contribution in [3.63, 3.8) is 0 Å². The van der Waals surface area contributed by atoms with E-state index in [2.05, 4.69) is 52.8 Å². The molecule has 2 aromatic heterocycles. The van der Waals surface area contributed by atoms with Crippen molar-refractivity contribution < 1.29 is 9.53 Å². The minimum atomic E-state index is -0.865. The van der Waals surface area contributed by atoms with Crippen LogP contribution < -0.4 is 10.1 Å². The van der Waals surface area contributed by atoms with Gasteiger partial charge in [-0.25, -0.2) is 9.97 Å². The molecule has 5 aromatic rings. The standard InChI is InChI=1S/C35H28N4O2S/c1-34(20-35(21-36)28-9-5-3-7-26(28)31(34)27-8-4-6-10-29(27)35)32(40)39-33-38-25(19-42-33)17-22-11-13-23(14-12-22)24-15-16-30(41-2)37-18-24/h3-16,18-19,31H,17,20H2,1-2H3,(H,38,39,40). The van der Waals surface area contributed by atoms with Crippen LogP contribution in [0.5, 0.6) is 5.88 Å². The number of rotatable bonds is 6. The number of thiazole rings is 1. The molecule has 1 amide bonds. The van der Waals surface area contributed by atoms with Crippen LogP contribution in [-0.4, -0.2) is 23.0 Å². The summed E-state index contributed by atoms with van der Waals surface area (Å²) in [7, 11) is 1.61. The fraction of sp³-hybridized carbons (Fsp3) is 0.200. The Kier molecular flexibility index (Phi) is 6.18. The van der Waals surface area contributed by atoms with Gasteiger partial charge in [0.15, 0.2) is 5.13 Å². The smallest absolute Gasteiger partial charge is 0.233 e. The molecule has 2 bridgehead atoms. The van der Waals surface area contributed by atoms with Crippen LogP contribution >= 0.6 is 11.3 Å². The molecule has 3 aliphatic rings. The third-order valence-corrected chi connectivity index (χ3v) is 9.64. The SMILES string of the molecule is COc1ccc(-c2ccc(Cc3csc(NC(=O)C4(C)CC5(C#N)c6ccccc6C4c4ccccc45)n3)cc2)cn1. The number of carbonyl (C=O) groups excluding carboxylic acids is 1. The second-order valence-corrected chi connectivity index (χ2v) is 12.1. The van der Waals surface area contributed by atoms with Crippen molar-refractivity contribution in [1.29, 1.82) is 5.26 Å². The van der Waals surface area contributed by atoms with Gasteiger partial charge in [-0.1, -0.05) is 72.8 Å². The summed E-state index contributed by atoms with van der Waals surface area (Å²) in [4.78, 5) is 23.1. The van der Waals surface area contributed by atoms with Crippen molar-refractivity contribution >= 4 is 22.4 Å². The number of nitrogens with one attached hydrogen (secondary N) is 1. The first-order valence-corrected chi connectivity index (χ1v) is 14.8. The Morgan fingerprint density at radius 3 is 2.29 bits per heavy atom. The number of fused-ring (bicyclic) bond motifs is 1. The Balaban J connectivity index is 1.11. The third-order valence-electron chi connectivity index (χ3n) is 8.83. The molecular formula is C35H28N4O2S. The number of aromatic nitrogens is 2. The first-order chi connectivity index (χ1) is 20.4. The van der Waals surface area contributed by atoms with E-state index in [-0.39, 0.29) is 11.8 Å². The van der Waals surface area contributed by atoms with E-state index >= 15 is 0 Å². The van der Waals surface area contributed by atoms with Crippen molar-refractivity contribution in [3.8, 4) is 23.1 Å². The van der Waals surface area contributed by atoms with Gasteiger partial charge in [0.05, 0.1) is 24.3 Å². The molecule has 0 spiro atoms. The Morgan fingerprint density at radius 1 is 1.00 bits per heavy atom. The van der Waals surface area contributed by atoms with Gasteiger partial charge in [-0.2, -0.15) is 5.26 Å². The molecule has 1 unspecified atom stereocenters. The molecular weight excluding hydrogens is 540 g/mol. The number of nitriles is 1. The summed E-state index contributed by atoms with van der Waals surface area (Å²) < 4.78 is 5.15. The highest BCUT2D eigenvalue weighted by atomic mass is 32.1. The van der Waals surface area contributed by atoms with Crippen LogP contribution in [0.2, 0.25) is 0 Å². The number of carbonyl (C=O) groups is 1. The predicted octanol–water partition coefficient (Wildman–Crippen LogP) is 7.11. The summed E-state index contributed by atoms with van der Waals surface area (Å²) >= 11 is 1.43. The second-order valence-electron chi connectivity index (χ2n) is 11.3. The fourth-order valence-corrected chi connectivity index (χ4v) is 7.58. The number of hydrogen-bond acceptors (Lipinski definition) is 6. The number of hydrogen-bond donors (Lipinski definition) is 1. The van der Waals surface area contributed by atoms with Crippen molar-refractivity contribution in [1.82, 2.24) is 9.97 Å². The van der Waals surface area contributed by atoms with Crippen LogP contribution in [0.15, 0.2) is 96.5 Å². The molecule has 1 atom stereocenters. The Labute approximate surface area is 248 Å². The molecule has 3 aromatic carbocycles. The molecule has 2 heterocycles. The molecule has 7 heteroatoms. The van der Waals surface area contributed by atoms with Gasteiger partial charge >= 0.3 is 0 Å². The van der Waals surface area contributed by atoms with E-state index in [4.69, 9.17) is 9.72 Å². The molecule has 0 radical (unpaired) electrons. The number of anilines is 1.